The van der Waals surface area contributed by atoms with Crippen LogP contribution in [-0.4, -0.2) is 65.9 Å². The van der Waals surface area contributed by atoms with E-state index in [1.54, 1.807) is 11.3 Å². The molecule has 0 bridgehead atoms. The number of rotatable bonds is 10. The van der Waals surface area contributed by atoms with Crippen LogP contribution in [0.3, 0.4) is 0 Å². The number of alkyl halides is 1. The van der Waals surface area contributed by atoms with Crippen LogP contribution in [0.4, 0.5) is 4.39 Å². The molecule has 7 nitrogen and oxygen atoms in total. The smallest absolute Gasteiger partial charge is 0.258 e. The van der Waals surface area contributed by atoms with Gasteiger partial charge in [-0.25, -0.2) is 9.37 Å². The van der Waals surface area contributed by atoms with Crippen molar-refractivity contribution in [3.05, 3.63) is 46.5 Å². The Hall–Kier alpha value is -2.65. The van der Waals surface area contributed by atoms with Gasteiger partial charge in [0.1, 0.15) is 12.3 Å². The molecule has 2 atom stereocenters. The highest BCUT2D eigenvalue weighted by atomic mass is 32.1. The van der Waals surface area contributed by atoms with Gasteiger partial charge < -0.3 is 20.3 Å². The van der Waals surface area contributed by atoms with E-state index in [-0.39, 0.29) is 18.7 Å². The Balaban J connectivity index is 0.000000391. The molecule has 1 saturated carbocycles. The molecule has 1 aromatic heterocycles. The number of aromatic nitrogens is 1. The second kappa shape index (κ2) is 16.7. The number of thiazole rings is 1. The van der Waals surface area contributed by atoms with E-state index in [9.17, 15) is 18.8 Å². The third-order valence-corrected chi connectivity index (χ3v) is 7.95. The predicted octanol–water partition coefficient (Wildman–Crippen LogP) is 6.06. The number of nitrogens with one attached hydrogen (secondary N) is 2. The van der Waals surface area contributed by atoms with Gasteiger partial charge in [0, 0.05) is 13.1 Å². The molecular weight excluding hydrogens is 539 g/mol. The fraction of sp³-hybridized carbons (Fsp3) is 0.625. The Morgan fingerprint density at radius 2 is 1.90 bits per heavy atom. The predicted molar refractivity (Wildman–Crippen MR) is 168 cm³/mol. The molecule has 1 aliphatic heterocycles. The van der Waals surface area contributed by atoms with Crippen LogP contribution >= 0.6 is 11.3 Å². The Morgan fingerprint density at radius 1 is 1.27 bits per heavy atom. The number of nitrogens with zero attached hydrogens (tertiary/aromatic N) is 2. The monoisotopic (exact) mass is 590 g/mol. The number of carbonyl (C=O) groups is 3. The number of hydrogen-bond donors (Lipinski definition) is 2. The van der Waals surface area contributed by atoms with Gasteiger partial charge in [-0.1, -0.05) is 73.3 Å². The number of amides is 2. The second-order valence-electron chi connectivity index (χ2n) is 11.6. The lowest BCUT2D eigenvalue weighted by Crippen LogP contribution is -2.57. The zero-order valence-corrected chi connectivity index (χ0v) is 27.3. The van der Waals surface area contributed by atoms with Crippen LogP contribution in [0, 0.1) is 18.3 Å². The first-order valence-corrected chi connectivity index (χ1v) is 15.5. The van der Waals surface area contributed by atoms with Crippen molar-refractivity contribution in [2.75, 3.05) is 20.1 Å². The molecular formula is C32H51FN4O3S. The number of likely N-dealkylation sites (tertiary alicyclic amines) is 1. The van der Waals surface area contributed by atoms with E-state index in [4.69, 9.17) is 0 Å². The first kappa shape index (κ1) is 36.4. The molecule has 2 N–H and O–H groups in total. The molecule has 0 aromatic carbocycles. The van der Waals surface area contributed by atoms with Crippen molar-refractivity contribution in [2.45, 2.75) is 98.8 Å². The molecule has 0 radical (unpaired) electrons. The van der Waals surface area contributed by atoms with Crippen LogP contribution in [0.1, 0.15) is 84.7 Å². The van der Waals surface area contributed by atoms with Crippen LogP contribution in [0.25, 0.3) is 5.57 Å². The van der Waals surface area contributed by atoms with Crippen molar-refractivity contribution < 1.29 is 18.8 Å². The summed E-state index contributed by atoms with van der Waals surface area (Å²) in [7, 11) is 1.94. The molecule has 1 aromatic rings. The number of hydrogen-bond acceptors (Lipinski definition) is 6. The van der Waals surface area contributed by atoms with Gasteiger partial charge >= 0.3 is 0 Å². The lowest BCUT2D eigenvalue weighted by atomic mass is 9.85. The number of aldehydes is 1. The van der Waals surface area contributed by atoms with E-state index in [0.29, 0.717) is 18.9 Å². The highest BCUT2D eigenvalue weighted by molar-refractivity contribution is 7.10. The van der Waals surface area contributed by atoms with E-state index in [1.165, 1.54) is 20.9 Å². The minimum Gasteiger partial charge on any atom is -0.341 e. The largest absolute Gasteiger partial charge is 0.341 e. The summed E-state index contributed by atoms with van der Waals surface area (Å²) >= 11 is 1.71. The fourth-order valence-electron chi connectivity index (χ4n) is 4.33. The summed E-state index contributed by atoms with van der Waals surface area (Å²) in [6.07, 6.45) is 8.83. The molecule has 230 valence electrons. The Bertz CT molecular complexity index is 1080. The first-order chi connectivity index (χ1) is 19.3. The normalized spacial score (nSPS) is 18.9. The molecule has 2 heterocycles. The molecule has 0 unspecified atom stereocenters. The quantitative estimate of drug-likeness (QED) is 0.255. The average Bonchev–Trinajstić information content (AvgIpc) is 3.30. The number of allylic oxidation sites excluding steroid dienone is 3. The van der Waals surface area contributed by atoms with Crippen LogP contribution in [-0.2, 0) is 14.4 Å². The van der Waals surface area contributed by atoms with Crippen LogP contribution in [0.2, 0.25) is 0 Å². The van der Waals surface area contributed by atoms with Crippen molar-refractivity contribution in [2.24, 2.45) is 11.3 Å². The van der Waals surface area contributed by atoms with Gasteiger partial charge in [0.25, 0.3) is 5.91 Å². The number of halogens is 1. The molecule has 1 saturated heterocycles. The van der Waals surface area contributed by atoms with E-state index in [0.717, 1.165) is 24.9 Å². The molecule has 3 rings (SSSR count). The maximum atomic E-state index is 13.8. The van der Waals surface area contributed by atoms with E-state index < -0.39 is 29.1 Å². The zero-order chi connectivity index (χ0) is 31.4. The van der Waals surface area contributed by atoms with Gasteiger partial charge in [-0.05, 0) is 62.1 Å². The fourth-order valence-corrected chi connectivity index (χ4v) is 5.31. The van der Waals surface area contributed by atoms with Crippen molar-refractivity contribution in [1.29, 1.82) is 0 Å². The third kappa shape index (κ3) is 10.6. The highest BCUT2D eigenvalue weighted by Crippen LogP contribution is 2.40. The molecule has 2 amide bonds. The molecule has 1 aliphatic carbocycles. The van der Waals surface area contributed by atoms with E-state index in [1.807, 2.05) is 53.3 Å². The summed E-state index contributed by atoms with van der Waals surface area (Å²) < 4.78 is 13.8. The van der Waals surface area contributed by atoms with Gasteiger partial charge in [0.15, 0.2) is 5.67 Å². The summed E-state index contributed by atoms with van der Waals surface area (Å²) in [5, 5.41) is 5.70. The molecule has 41 heavy (non-hydrogen) atoms. The maximum Gasteiger partial charge on any atom is 0.258 e. The molecule has 9 heteroatoms. The van der Waals surface area contributed by atoms with Crippen molar-refractivity contribution >= 4 is 35.0 Å². The summed E-state index contributed by atoms with van der Waals surface area (Å²) in [6, 6.07) is -1.25. The number of likely N-dealkylation sites (N-methyl/N-ethyl adjacent to an activating group) is 1. The SMILES string of the molecule is C=C/C(=C\C=C(\c1scnc1C)C(C)C)CNC.CC.CC(C)(C)[C@H](NC(=O)C1(F)CC1)C(=O)N1CCC[C@H]1C=O. The van der Waals surface area contributed by atoms with E-state index >= 15 is 0 Å². The third-order valence-electron chi connectivity index (χ3n) is 6.97. The maximum absolute atomic E-state index is 13.8. The van der Waals surface area contributed by atoms with Crippen molar-refractivity contribution in [3.63, 3.8) is 0 Å². The average molecular weight is 591 g/mol. The van der Waals surface area contributed by atoms with Gasteiger partial charge in [-0.3, -0.25) is 9.59 Å². The number of carbonyl (C=O) groups excluding carboxylic acids is 3. The molecule has 0 spiro atoms. The lowest BCUT2D eigenvalue weighted by molar-refractivity contribution is -0.142. The topological polar surface area (TPSA) is 91.4 Å². The highest BCUT2D eigenvalue weighted by Gasteiger charge is 2.53. The van der Waals surface area contributed by atoms with Gasteiger partial charge in [-0.2, -0.15) is 0 Å². The summed E-state index contributed by atoms with van der Waals surface area (Å²) in [5.41, 5.74) is 3.20. The summed E-state index contributed by atoms with van der Waals surface area (Å²) in [4.78, 5) is 42.8. The zero-order valence-electron chi connectivity index (χ0n) is 26.5. The standard InChI is InChI=1S/C15H23FN2O3.C15H22N2S.C2H6/c1-14(2,3)11(17-13(21)15(16)6-7-15)12(20)18-8-4-5-10(18)9-19;1-6-13(9-16-5)7-8-14(11(2)3)15-12(4)17-10-18-15;1-2/h9-11H,4-8H2,1-3H3,(H,17,21);6-8,10-11,16H,1,9H2,2-5H3;1-2H3/b;13-7+,14-8+;/t10-,11+;;/m0../s1. The number of aryl methyl sites for hydroxylation is 1. The van der Waals surface area contributed by atoms with Crippen LogP contribution < -0.4 is 10.6 Å². The van der Waals surface area contributed by atoms with Crippen molar-refractivity contribution in [3.8, 4) is 0 Å². The van der Waals surface area contributed by atoms with Crippen molar-refractivity contribution in [1.82, 2.24) is 20.5 Å². The Kier molecular flexibility index (Phi) is 14.8. The Labute approximate surface area is 250 Å². The second-order valence-corrected chi connectivity index (χ2v) is 12.5. The van der Waals surface area contributed by atoms with Crippen LogP contribution in [0.15, 0.2) is 35.9 Å². The molecule has 2 fully saturated rings. The first-order valence-electron chi connectivity index (χ1n) is 14.6. The lowest BCUT2D eigenvalue weighted by Gasteiger charge is -2.35. The van der Waals surface area contributed by atoms with E-state index in [2.05, 4.69) is 55.1 Å². The van der Waals surface area contributed by atoms with Gasteiger partial charge in [0.05, 0.1) is 22.1 Å². The summed E-state index contributed by atoms with van der Waals surface area (Å²) in [6.45, 7) is 21.1. The van der Waals surface area contributed by atoms with Gasteiger partial charge in [-0.15, -0.1) is 11.3 Å². The van der Waals surface area contributed by atoms with Crippen LogP contribution in [0.5, 0.6) is 0 Å². The Morgan fingerprint density at radius 3 is 2.34 bits per heavy atom. The summed E-state index contributed by atoms with van der Waals surface area (Å²) in [5.74, 6) is -0.520. The molecule has 2 aliphatic rings. The minimum absolute atomic E-state index is 0.213. The van der Waals surface area contributed by atoms with Gasteiger partial charge in [0.2, 0.25) is 5.91 Å². The minimum atomic E-state index is -1.81.